The van der Waals surface area contributed by atoms with Crippen LogP contribution in [0.3, 0.4) is 0 Å². The summed E-state index contributed by atoms with van der Waals surface area (Å²) in [6, 6.07) is 9.37. The Morgan fingerprint density at radius 3 is 2.61 bits per heavy atom. The zero-order valence-electron chi connectivity index (χ0n) is 18.3. The maximum absolute atomic E-state index is 13.2. The number of likely N-dealkylation sites (N-methyl/N-ethyl adjacent to an activating group) is 1. The van der Waals surface area contributed by atoms with Crippen LogP contribution in [0.2, 0.25) is 0 Å². The van der Waals surface area contributed by atoms with E-state index in [2.05, 4.69) is 25.8 Å². The number of carbonyl (C=O) groups excluding carboxylic acids is 1. The van der Waals surface area contributed by atoms with Crippen LogP contribution in [0.15, 0.2) is 30.3 Å². The van der Waals surface area contributed by atoms with Gasteiger partial charge in [0.05, 0.1) is 37.1 Å². The Morgan fingerprint density at radius 2 is 1.90 bits per heavy atom. The van der Waals surface area contributed by atoms with Gasteiger partial charge in [0, 0.05) is 30.5 Å². The van der Waals surface area contributed by atoms with Crippen molar-refractivity contribution < 1.29 is 14.4 Å². The molecule has 162 valence electrons. The van der Waals surface area contributed by atoms with Crippen LogP contribution in [0.5, 0.6) is 0 Å². The second-order valence-electron chi connectivity index (χ2n) is 9.23. The molecular weight excluding hydrogens is 408 g/mol. The predicted octanol–water partition coefficient (Wildman–Crippen LogP) is 2.30. The van der Waals surface area contributed by atoms with Gasteiger partial charge in [0.15, 0.2) is 0 Å². The molecule has 3 aromatic rings. The molecule has 1 atom stereocenters. The van der Waals surface area contributed by atoms with E-state index >= 15 is 0 Å². The third kappa shape index (κ3) is 3.41. The second-order valence-corrected chi connectivity index (χ2v) is 10.2. The topological polar surface area (TPSA) is 72.9 Å². The summed E-state index contributed by atoms with van der Waals surface area (Å²) in [5.74, 6) is 1.01. The average molecular weight is 438 g/mol. The minimum Gasteiger partial charge on any atom is -0.397 e. The van der Waals surface area contributed by atoms with Crippen LogP contribution in [-0.2, 0) is 17.7 Å². The highest BCUT2D eigenvalue weighted by Gasteiger charge is 2.39. The molecule has 2 aliphatic heterocycles. The molecule has 1 aromatic carbocycles. The van der Waals surface area contributed by atoms with E-state index < -0.39 is 0 Å². The van der Waals surface area contributed by atoms with Crippen molar-refractivity contribution in [2.24, 2.45) is 0 Å². The maximum atomic E-state index is 13.2. The molecule has 0 aliphatic carbocycles. The first-order valence-corrected chi connectivity index (χ1v) is 11.7. The molecule has 1 saturated heterocycles. The molecule has 0 amide bonds. The molecule has 4 heterocycles. The normalized spacial score (nSPS) is 20.6. The van der Waals surface area contributed by atoms with E-state index in [-0.39, 0.29) is 11.3 Å². The summed E-state index contributed by atoms with van der Waals surface area (Å²) in [7, 11) is 2.25. The van der Waals surface area contributed by atoms with Gasteiger partial charge in [0.1, 0.15) is 22.1 Å². The summed E-state index contributed by atoms with van der Waals surface area (Å²) in [6.45, 7) is 8.60. The molecule has 0 bridgehead atoms. The van der Waals surface area contributed by atoms with Crippen molar-refractivity contribution in [2.45, 2.75) is 32.4 Å². The van der Waals surface area contributed by atoms with Crippen molar-refractivity contribution >= 4 is 38.8 Å². The van der Waals surface area contributed by atoms with Gasteiger partial charge < -0.3 is 20.3 Å². The number of rotatable bonds is 3. The average Bonchev–Trinajstić information content (AvgIpc) is 3.11. The number of nitrogen functional groups attached to an aromatic ring is 1. The first kappa shape index (κ1) is 20.4. The number of carbonyl (C=O) groups is 1. The number of nitrogens with one attached hydrogen (secondary N) is 1. The number of nitrogens with zero attached hydrogens (tertiary/aromatic N) is 2. The molecular formula is C24H29N4O2S+. The first-order valence-electron chi connectivity index (χ1n) is 10.9. The van der Waals surface area contributed by atoms with Crippen LogP contribution in [0.4, 0.5) is 11.5 Å². The van der Waals surface area contributed by atoms with E-state index in [4.69, 9.17) is 15.5 Å². The highest BCUT2D eigenvalue weighted by Crippen LogP contribution is 2.42. The number of ether oxygens (including phenoxy) is 1. The lowest BCUT2D eigenvalue weighted by Crippen LogP contribution is -3.16. The standard InChI is InChI=1S/C24H28N4O2S/c1-24(2)13-16-17(14-27(24)3)22(28-9-11-30-12-10-28)26-23-18(16)19(25)21(31-23)20(29)15-7-5-4-6-8-15/h4-8H,9-14,25H2,1-3H3/p+1. The SMILES string of the molecule is C[NH+]1Cc2c(N3CCOCC3)nc3sc(C(=O)c4ccccc4)c(N)c3c2CC1(C)C. The van der Waals surface area contributed by atoms with Crippen molar-refractivity contribution in [1.29, 1.82) is 0 Å². The van der Waals surface area contributed by atoms with Crippen LogP contribution in [-0.4, -0.2) is 49.7 Å². The quantitative estimate of drug-likeness (QED) is 0.615. The van der Waals surface area contributed by atoms with Gasteiger partial charge in [-0.3, -0.25) is 4.79 Å². The fourth-order valence-electron chi connectivity index (χ4n) is 4.66. The van der Waals surface area contributed by atoms with Gasteiger partial charge in [-0.15, -0.1) is 11.3 Å². The van der Waals surface area contributed by atoms with Crippen molar-refractivity contribution in [3.8, 4) is 0 Å². The molecule has 2 aliphatic rings. The Kier molecular flexibility index (Phi) is 5.00. The Bertz CT molecular complexity index is 1150. The van der Waals surface area contributed by atoms with E-state index in [1.54, 1.807) is 0 Å². The zero-order valence-corrected chi connectivity index (χ0v) is 19.1. The molecule has 1 unspecified atom stereocenters. The third-order valence-electron chi connectivity index (χ3n) is 6.84. The lowest BCUT2D eigenvalue weighted by molar-refractivity contribution is -0.945. The fourth-order valence-corrected chi connectivity index (χ4v) is 5.74. The van der Waals surface area contributed by atoms with Gasteiger partial charge in [-0.2, -0.15) is 0 Å². The molecule has 0 radical (unpaired) electrons. The predicted molar refractivity (Wildman–Crippen MR) is 125 cm³/mol. The van der Waals surface area contributed by atoms with Gasteiger partial charge in [0.2, 0.25) is 5.78 Å². The number of benzene rings is 1. The molecule has 1 fully saturated rings. The van der Waals surface area contributed by atoms with Crippen molar-refractivity contribution in [2.75, 3.05) is 44.0 Å². The van der Waals surface area contributed by atoms with E-state index in [1.165, 1.54) is 27.4 Å². The van der Waals surface area contributed by atoms with E-state index in [0.29, 0.717) is 29.3 Å². The number of anilines is 2. The van der Waals surface area contributed by atoms with Crippen LogP contribution in [0.25, 0.3) is 10.2 Å². The number of morpholine rings is 1. The highest BCUT2D eigenvalue weighted by atomic mass is 32.1. The maximum Gasteiger partial charge on any atom is 0.205 e. The van der Waals surface area contributed by atoms with Crippen molar-refractivity contribution in [1.82, 2.24) is 4.98 Å². The summed E-state index contributed by atoms with van der Waals surface area (Å²) >= 11 is 1.43. The lowest BCUT2D eigenvalue weighted by Gasteiger charge is -2.40. The summed E-state index contributed by atoms with van der Waals surface area (Å²) < 4.78 is 5.57. The molecule has 2 aromatic heterocycles. The minimum absolute atomic E-state index is 0.0272. The molecule has 0 spiro atoms. The van der Waals surface area contributed by atoms with Crippen LogP contribution >= 0.6 is 11.3 Å². The first-order chi connectivity index (χ1) is 14.9. The third-order valence-corrected chi connectivity index (χ3v) is 7.94. The molecule has 6 nitrogen and oxygen atoms in total. The van der Waals surface area contributed by atoms with Crippen LogP contribution in [0.1, 0.15) is 40.2 Å². The summed E-state index contributed by atoms with van der Waals surface area (Å²) in [5.41, 5.74) is 10.5. The Balaban J connectivity index is 1.72. The van der Waals surface area contributed by atoms with E-state index in [9.17, 15) is 4.79 Å². The van der Waals surface area contributed by atoms with Gasteiger partial charge in [-0.25, -0.2) is 4.98 Å². The number of aromatic nitrogens is 1. The Morgan fingerprint density at radius 1 is 1.19 bits per heavy atom. The molecule has 3 N–H and O–H groups in total. The fraction of sp³-hybridized carbons (Fsp3) is 0.417. The smallest absolute Gasteiger partial charge is 0.205 e. The Hall–Kier alpha value is -2.48. The van der Waals surface area contributed by atoms with Crippen molar-refractivity contribution in [3.05, 3.63) is 51.9 Å². The molecule has 31 heavy (non-hydrogen) atoms. The second kappa shape index (κ2) is 7.58. The van der Waals surface area contributed by atoms with Gasteiger partial charge >= 0.3 is 0 Å². The summed E-state index contributed by atoms with van der Waals surface area (Å²) in [5, 5.41) is 0.983. The van der Waals surface area contributed by atoms with E-state index in [1.807, 2.05) is 30.3 Å². The summed E-state index contributed by atoms with van der Waals surface area (Å²) in [6.07, 6.45) is 0.907. The highest BCUT2D eigenvalue weighted by molar-refractivity contribution is 7.21. The van der Waals surface area contributed by atoms with Gasteiger partial charge in [0.25, 0.3) is 0 Å². The number of hydrogen-bond acceptors (Lipinski definition) is 6. The zero-order chi connectivity index (χ0) is 21.8. The molecule has 5 rings (SSSR count). The van der Waals surface area contributed by atoms with E-state index in [0.717, 1.165) is 42.1 Å². The number of quaternary nitrogens is 1. The monoisotopic (exact) mass is 437 g/mol. The lowest BCUT2D eigenvalue weighted by atomic mass is 9.84. The van der Waals surface area contributed by atoms with Gasteiger partial charge in [-0.05, 0) is 19.4 Å². The summed E-state index contributed by atoms with van der Waals surface area (Å²) in [4.78, 5) is 23.6. The molecule has 7 heteroatoms. The number of ketones is 1. The van der Waals surface area contributed by atoms with Crippen LogP contribution < -0.4 is 15.5 Å². The number of pyridine rings is 1. The number of nitrogens with two attached hydrogens (primary N) is 1. The largest absolute Gasteiger partial charge is 0.397 e. The van der Waals surface area contributed by atoms with Crippen LogP contribution in [0, 0.1) is 0 Å². The minimum atomic E-state index is -0.0272. The number of fused-ring (bicyclic) bond motifs is 3. The van der Waals surface area contributed by atoms with Gasteiger partial charge in [-0.1, -0.05) is 30.3 Å². The van der Waals surface area contributed by atoms with Crippen molar-refractivity contribution in [3.63, 3.8) is 0 Å². The number of hydrogen-bond donors (Lipinski definition) is 2. The Labute approximate surface area is 186 Å². The number of thiophene rings is 1. The molecule has 0 saturated carbocycles.